The fourth-order valence-corrected chi connectivity index (χ4v) is 7.65. The molecule has 1 aliphatic carbocycles. The van der Waals surface area contributed by atoms with Gasteiger partial charge in [-0.2, -0.15) is 0 Å². The van der Waals surface area contributed by atoms with Gasteiger partial charge >= 0.3 is 5.97 Å². The molecular weight excluding hydrogens is 625 g/mol. The van der Waals surface area contributed by atoms with Gasteiger partial charge in [0.15, 0.2) is 0 Å². The molecule has 2 N–H and O–H groups in total. The Bertz CT molecular complexity index is 1680. The van der Waals surface area contributed by atoms with Gasteiger partial charge in [-0.25, -0.2) is 17.9 Å². The van der Waals surface area contributed by atoms with Crippen LogP contribution in [0, 0.1) is 0 Å². The van der Waals surface area contributed by atoms with E-state index in [4.69, 9.17) is 27.9 Å². The SMILES string of the molecule is COC(=O)c1ccc(CNC(=O)[C@@H]2c3ccccc3C(=O)N(C3CCCC[C@@H]3NS(C)(=O)=O)[C@H]2c2ccc(Cl)cc2Cl)cc1. The van der Waals surface area contributed by atoms with E-state index in [0.29, 0.717) is 45.1 Å². The van der Waals surface area contributed by atoms with Crippen LogP contribution in [0.3, 0.4) is 0 Å². The summed E-state index contributed by atoms with van der Waals surface area (Å²) in [7, 11) is -2.28. The molecule has 232 valence electrons. The molecule has 0 bridgehead atoms. The molecule has 1 heterocycles. The summed E-state index contributed by atoms with van der Waals surface area (Å²) in [6.45, 7) is 0.162. The zero-order chi connectivity index (χ0) is 31.6. The number of methoxy groups -OCH3 is 1. The number of rotatable bonds is 8. The molecule has 1 fully saturated rings. The summed E-state index contributed by atoms with van der Waals surface area (Å²) in [6, 6.07) is 16.7. The first-order valence-corrected chi connectivity index (χ1v) is 16.9. The highest BCUT2D eigenvalue weighted by molar-refractivity contribution is 7.88. The molecule has 0 radical (unpaired) electrons. The lowest BCUT2D eigenvalue weighted by Gasteiger charge is -2.49. The van der Waals surface area contributed by atoms with Gasteiger partial charge < -0.3 is 15.0 Å². The average molecular weight is 659 g/mol. The van der Waals surface area contributed by atoms with Crippen LogP contribution in [0.15, 0.2) is 66.7 Å². The topological polar surface area (TPSA) is 122 Å². The Labute approximate surface area is 266 Å². The molecule has 5 rings (SSSR count). The molecule has 1 aliphatic heterocycles. The lowest BCUT2D eigenvalue weighted by molar-refractivity contribution is -0.124. The monoisotopic (exact) mass is 657 g/mol. The predicted molar refractivity (Wildman–Crippen MR) is 168 cm³/mol. The minimum atomic E-state index is -3.59. The number of halogens is 2. The number of nitrogens with one attached hydrogen (secondary N) is 2. The van der Waals surface area contributed by atoms with Crippen LogP contribution in [-0.2, 0) is 26.1 Å². The number of sulfonamides is 1. The quantitative estimate of drug-likeness (QED) is 0.320. The van der Waals surface area contributed by atoms with E-state index in [-0.39, 0.29) is 18.4 Å². The largest absolute Gasteiger partial charge is 0.465 e. The summed E-state index contributed by atoms with van der Waals surface area (Å²) in [5.41, 5.74) is 2.60. The van der Waals surface area contributed by atoms with E-state index in [1.807, 2.05) is 0 Å². The van der Waals surface area contributed by atoms with Gasteiger partial charge in [-0.3, -0.25) is 9.59 Å². The number of carbonyl (C=O) groups is 3. The highest BCUT2D eigenvalue weighted by Crippen LogP contribution is 2.47. The van der Waals surface area contributed by atoms with Crippen LogP contribution in [0.4, 0.5) is 0 Å². The van der Waals surface area contributed by atoms with Gasteiger partial charge in [0.2, 0.25) is 15.9 Å². The van der Waals surface area contributed by atoms with Crippen molar-refractivity contribution < 1.29 is 27.5 Å². The van der Waals surface area contributed by atoms with Gasteiger partial charge in [0.1, 0.15) is 0 Å². The van der Waals surface area contributed by atoms with Crippen LogP contribution in [0.1, 0.15) is 75.0 Å². The molecule has 0 aromatic heterocycles. The Kier molecular flexibility index (Phi) is 9.65. The summed E-state index contributed by atoms with van der Waals surface area (Å²) in [4.78, 5) is 42.1. The van der Waals surface area contributed by atoms with E-state index < -0.39 is 40.0 Å². The van der Waals surface area contributed by atoms with E-state index >= 15 is 0 Å². The third-order valence-corrected chi connectivity index (χ3v) is 9.53. The Balaban J connectivity index is 1.59. The van der Waals surface area contributed by atoms with Crippen molar-refractivity contribution in [1.29, 1.82) is 0 Å². The van der Waals surface area contributed by atoms with Crippen LogP contribution in [0.25, 0.3) is 0 Å². The van der Waals surface area contributed by atoms with E-state index in [2.05, 4.69) is 10.0 Å². The van der Waals surface area contributed by atoms with Crippen molar-refractivity contribution in [2.45, 2.75) is 56.3 Å². The number of hydrogen-bond donors (Lipinski definition) is 2. The molecule has 0 spiro atoms. The normalized spacial score (nSPS) is 21.8. The first-order valence-electron chi connectivity index (χ1n) is 14.3. The molecule has 1 unspecified atom stereocenters. The predicted octanol–water partition coefficient (Wildman–Crippen LogP) is 5.24. The molecule has 4 atom stereocenters. The third-order valence-electron chi connectivity index (χ3n) is 8.23. The van der Waals surface area contributed by atoms with E-state index in [1.165, 1.54) is 7.11 Å². The minimum absolute atomic E-state index is 0.162. The van der Waals surface area contributed by atoms with Gasteiger partial charge in [0.05, 0.1) is 30.9 Å². The Morgan fingerprint density at radius 2 is 1.68 bits per heavy atom. The first kappa shape index (κ1) is 32.0. The lowest BCUT2D eigenvalue weighted by Crippen LogP contribution is -2.59. The summed E-state index contributed by atoms with van der Waals surface area (Å²) in [5, 5.41) is 3.71. The van der Waals surface area contributed by atoms with Gasteiger partial charge in [0.25, 0.3) is 5.91 Å². The van der Waals surface area contributed by atoms with Crippen LogP contribution in [0.2, 0.25) is 10.0 Å². The standard InChI is InChI=1S/C32H33Cl2N3O6S/c1-43-32(40)20-13-11-19(12-14-20)18-35-30(38)28-22-7-3-4-8-23(22)31(39)37(29(28)24-16-15-21(33)17-25(24)34)27-10-6-5-9-26(27)36-44(2,41)42/h3-4,7-8,11-17,26-29,36H,5-6,9-10,18H2,1-2H3,(H,35,38)/t26-,27?,28+,29-/m0/s1. The molecule has 0 saturated heterocycles. The maximum Gasteiger partial charge on any atom is 0.337 e. The summed E-state index contributed by atoms with van der Waals surface area (Å²) in [6.07, 6.45) is 3.78. The third kappa shape index (κ3) is 6.78. The van der Waals surface area contributed by atoms with Crippen molar-refractivity contribution in [1.82, 2.24) is 14.9 Å². The first-order chi connectivity index (χ1) is 21.0. The summed E-state index contributed by atoms with van der Waals surface area (Å²) >= 11 is 13.0. The number of esters is 1. The Morgan fingerprint density at radius 3 is 2.36 bits per heavy atom. The number of fused-ring (bicyclic) bond motifs is 1. The van der Waals surface area contributed by atoms with Crippen molar-refractivity contribution in [3.8, 4) is 0 Å². The smallest absolute Gasteiger partial charge is 0.337 e. The summed E-state index contributed by atoms with van der Waals surface area (Å²) in [5.74, 6) is -1.98. The second kappa shape index (κ2) is 13.3. The number of nitrogens with zero attached hydrogens (tertiary/aromatic N) is 1. The molecule has 9 nitrogen and oxygen atoms in total. The second-order valence-electron chi connectivity index (χ2n) is 11.1. The number of hydrogen-bond acceptors (Lipinski definition) is 6. The molecular formula is C32H33Cl2N3O6S. The van der Waals surface area contributed by atoms with Crippen LogP contribution in [0.5, 0.6) is 0 Å². The highest BCUT2D eigenvalue weighted by Gasteiger charge is 2.49. The van der Waals surface area contributed by atoms with Crippen molar-refractivity contribution in [3.63, 3.8) is 0 Å². The van der Waals surface area contributed by atoms with Crippen molar-refractivity contribution in [2.75, 3.05) is 13.4 Å². The Morgan fingerprint density at radius 1 is 0.977 bits per heavy atom. The number of benzene rings is 3. The summed E-state index contributed by atoms with van der Waals surface area (Å²) < 4.78 is 32.3. The Hall–Kier alpha value is -3.44. The van der Waals surface area contributed by atoms with E-state index in [0.717, 1.165) is 24.7 Å². The average Bonchev–Trinajstić information content (AvgIpc) is 2.99. The van der Waals surface area contributed by atoms with Gasteiger partial charge in [0, 0.05) is 34.2 Å². The van der Waals surface area contributed by atoms with Crippen LogP contribution in [-0.4, -0.2) is 56.6 Å². The fraction of sp³-hybridized carbons (Fsp3) is 0.344. The van der Waals surface area contributed by atoms with E-state index in [9.17, 15) is 22.8 Å². The number of carbonyl (C=O) groups excluding carboxylic acids is 3. The van der Waals surface area contributed by atoms with Crippen molar-refractivity contribution in [3.05, 3.63) is 105 Å². The van der Waals surface area contributed by atoms with Crippen LogP contribution >= 0.6 is 23.2 Å². The molecule has 12 heteroatoms. The van der Waals surface area contributed by atoms with Crippen LogP contribution < -0.4 is 10.0 Å². The highest BCUT2D eigenvalue weighted by atomic mass is 35.5. The molecule has 2 aliphatic rings. The molecule has 3 aromatic carbocycles. The van der Waals surface area contributed by atoms with E-state index in [1.54, 1.807) is 71.6 Å². The number of ether oxygens (including phenoxy) is 1. The molecule has 1 saturated carbocycles. The van der Waals surface area contributed by atoms with Gasteiger partial charge in [-0.1, -0.05) is 72.4 Å². The maximum absolute atomic E-state index is 14.4. The zero-order valence-electron chi connectivity index (χ0n) is 24.3. The minimum Gasteiger partial charge on any atom is -0.465 e. The van der Waals surface area contributed by atoms with Crippen molar-refractivity contribution in [2.24, 2.45) is 0 Å². The lowest BCUT2D eigenvalue weighted by atomic mass is 9.76. The fourth-order valence-electron chi connectivity index (χ4n) is 6.30. The maximum atomic E-state index is 14.4. The van der Waals surface area contributed by atoms with Crippen molar-refractivity contribution >= 4 is 51.0 Å². The molecule has 3 aromatic rings. The van der Waals surface area contributed by atoms with Gasteiger partial charge in [-0.05, 0) is 59.9 Å². The second-order valence-corrected chi connectivity index (χ2v) is 13.8. The van der Waals surface area contributed by atoms with Gasteiger partial charge in [-0.15, -0.1) is 0 Å². The molecule has 2 amide bonds. The zero-order valence-corrected chi connectivity index (χ0v) is 26.6. The molecule has 44 heavy (non-hydrogen) atoms. The number of amides is 2.